The van der Waals surface area contributed by atoms with Crippen LogP contribution >= 0.6 is 15.9 Å². The van der Waals surface area contributed by atoms with Gasteiger partial charge in [-0.2, -0.15) is 0 Å². The summed E-state index contributed by atoms with van der Waals surface area (Å²) in [6.45, 7) is 1.24. The zero-order chi connectivity index (χ0) is 16.9. The number of amides is 1. The number of halogens is 1. The highest BCUT2D eigenvalue weighted by Gasteiger charge is 2.18. The van der Waals surface area contributed by atoms with Gasteiger partial charge in [0.05, 0.1) is 22.7 Å². The van der Waals surface area contributed by atoms with Crippen molar-refractivity contribution in [2.45, 2.75) is 29.6 Å². The second-order valence-electron chi connectivity index (χ2n) is 5.55. The van der Waals surface area contributed by atoms with E-state index in [9.17, 15) is 9.00 Å². The summed E-state index contributed by atoms with van der Waals surface area (Å²) < 4.78 is 24.2. The third kappa shape index (κ3) is 4.55. The molecule has 5 nitrogen and oxygen atoms in total. The molecule has 2 aromatic rings. The maximum atomic E-state index is 12.3. The van der Waals surface area contributed by atoms with E-state index in [0.29, 0.717) is 12.3 Å². The molecule has 1 aliphatic heterocycles. The van der Waals surface area contributed by atoms with Crippen molar-refractivity contribution in [3.05, 3.63) is 52.4 Å². The van der Waals surface area contributed by atoms with Crippen molar-refractivity contribution in [2.75, 3.05) is 13.2 Å². The fraction of sp³-hybridized carbons (Fsp3) is 0.353. The van der Waals surface area contributed by atoms with Gasteiger partial charge in [-0.1, -0.05) is 15.9 Å². The van der Waals surface area contributed by atoms with Crippen molar-refractivity contribution in [1.82, 2.24) is 5.32 Å². The van der Waals surface area contributed by atoms with E-state index in [1.165, 1.54) is 0 Å². The molecular formula is C17H18BrNO4S. The molecule has 1 N–H and O–H groups in total. The lowest BCUT2D eigenvalue weighted by molar-refractivity contribution is 0.0834. The molecule has 128 valence electrons. The molecule has 1 amide bonds. The number of furan rings is 1. The maximum absolute atomic E-state index is 12.3. The first-order valence-electron chi connectivity index (χ1n) is 7.74. The van der Waals surface area contributed by atoms with Crippen LogP contribution in [0.25, 0.3) is 0 Å². The van der Waals surface area contributed by atoms with E-state index in [2.05, 4.69) is 21.2 Å². The number of carbonyl (C=O) groups is 1. The summed E-state index contributed by atoms with van der Waals surface area (Å²) in [5.41, 5.74) is 0. The van der Waals surface area contributed by atoms with Crippen molar-refractivity contribution in [2.24, 2.45) is 0 Å². The number of hydrogen-bond donors (Lipinski definition) is 1. The first kappa shape index (κ1) is 17.4. The first-order chi connectivity index (χ1) is 11.6. The normalized spacial score (nSPS) is 18.5. The summed E-state index contributed by atoms with van der Waals surface area (Å²) in [6.07, 6.45) is 2.09. The van der Waals surface area contributed by atoms with Crippen LogP contribution in [0.3, 0.4) is 0 Å². The highest BCUT2D eigenvalue weighted by molar-refractivity contribution is 9.10. The molecule has 7 heteroatoms. The van der Waals surface area contributed by atoms with Crippen molar-refractivity contribution < 1.29 is 18.2 Å². The Bertz CT molecular complexity index is 722. The Morgan fingerprint density at radius 1 is 1.25 bits per heavy atom. The Hall–Kier alpha value is -1.44. The van der Waals surface area contributed by atoms with Crippen LogP contribution in [0, 0.1) is 0 Å². The zero-order valence-corrected chi connectivity index (χ0v) is 15.4. The number of rotatable bonds is 6. The molecule has 2 atom stereocenters. The van der Waals surface area contributed by atoms with Gasteiger partial charge in [0.25, 0.3) is 5.91 Å². The van der Waals surface area contributed by atoms with Gasteiger partial charge in [-0.15, -0.1) is 0 Å². The van der Waals surface area contributed by atoms with Gasteiger partial charge < -0.3 is 14.5 Å². The third-order valence-electron chi connectivity index (χ3n) is 3.75. The van der Waals surface area contributed by atoms with E-state index in [0.717, 1.165) is 28.8 Å². The molecule has 0 saturated carbocycles. The topological polar surface area (TPSA) is 68.5 Å². The number of benzene rings is 1. The molecule has 0 aliphatic carbocycles. The fourth-order valence-electron chi connectivity index (χ4n) is 2.48. The molecule has 1 saturated heterocycles. The number of hydrogen-bond acceptors (Lipinski definition) is 4. The minimum Gasteiger partial charge on any atom is -0.455 e. The Kier molecular flexibility index (Phi) is 5.86. The van der Waals surface area contributed by atoms with Crippen LogP contribution in [-0.4, -0.2) is 29.4 Å². The summed E-state index contributed by atoms with van der Waals surface area (Å²) in [4.78, 5) is 12.8. The van der Waals surface area contributed by atoms with Crippen molar-refractivity contribution >= 4 is 32.6 Å². The van der Waals surface area contributed by atoms with Gasteiger partial charge in [0.2, 0.25) is 0 Å². The fourth-order valence-corrected chi connectivity index (χ4v) is 3.76. The summed E-state index contributed by atoms with van der Waals surface area (Å²) in [5.74, 6) is 0.723. The van der Waals surface area contributed by atoms with Gasteiger partial charge in [0, 0.05) is 22.5 Å². The summed E-state index contributed by atoms with van der Waals surface area (Å²) >= 11 is 3.35. The van der Waals surface area contributed by atoms with Crippen LogP contribution in [0.5, 0.6) is 0 Å². The lowest BCUT2D eigenvalue weighted by Gasteiger charge is -2.09. The zero-order valence-electron chi connectivity index (χ0n) is 13.0. The van der Waals surface area contributed by atoms with Crippen molar-refractivity contribution in [3.8, 4) is 0 Å². The molecular weight excluding hydrogens is 394 g/mol. The molecule has 3 rings (SSSR count). The van der Waals surface area contributed by atoms with Crippen LogP contribution in [0.1, 0.15) is 29.2 Å². The Balaban J connectivity index is 1.55. The minimum absolute atomic E-state index is 0.0910. The van der Waals surface area contributed by atoms with Gasteiger partial charge >= 0.3 is 0 Å². The molecule has 1 aromatic heterocycles. The lowest BCUT2D eigenvalue weighted by Crippen LogP contribution is -2.31. The third-order valence-corrected chi connectivity index (χ3v) is 5.62. The molecule has 1 aliphatic rings. The average molecular weight is 412 g/mol. The van der Waals surface area contributed by atoms with E-state index in [-0.39, 0.29) is 23.5 Å². The average Bonchev–Trinajstić information content (AvgIpc) is 3.25. The molecule has 24 heavy (non-hydrogen) atoms. The van der Waals surface area contributed by atoms with Crippen LogP contribution < -0.4 is 5.32 Å². The molecule has 0 spiro atoms. The van der Waals surface area contributed by atoms with E-state index in [1.54, 1.807) is 24.3 Å². The molecule has 1 fully saturated rings. The largest absolute Gasteiger partial charge is 0.455 e. The highest BCUT2D eigenvalue weighted by Crippen LogP contribution is 2.18. The minimum atomic E-state index is -1.21. The van der Waals surface area contributed by atoms with Crippen LogP contribution in [-0.2, 0) is 21.3 Å². The van der Waals surface area contributed by atoms with Gasteiger partial charge in [-0.05, 0) is 49.2 Å². The first-order valence-corrected chi connectivity index (χ1v) is 9.85. The van der Waals surface area contributed by atoms with E-state index >= 15 is 0 Å². The summed E-state index contributed by atoms with van der Waals surface area (Å²) in [6, 6.07) is 10.6. The van der Waals surface area contributed by atoms with Crippen molar-refractivity contribution in [3.63, 3.8) is 0 Å². The second kappa shape index (κ2) is 8.09. The molecule has 0 unspecified atom stereocenters. The van der Waals surface area contributed by atoms with E-state index in [4.69, 9.17) is 9.15 Å². The van der Waals surface area contributed by atoms with E-state index < -0.39 is 10.8 Å². The van der Waals surface area contributed by atoms with Gasteiger partial charge in [0.1, 0.15) is 5.76 Å². The van der Waals surface area contributed by atoms with Gasteiger partial charge in [-0.3, -0.25) is 9.00 Å². The second-order valence-corrected chi connectivity index (χ2v) is 7.92. The number of carbonyl (C=O) groups excluding carboxylic acids is 1. The summed E-state index contributed by atoms with van der Waals surface area (Å²) in [7, 11) is -1.21. The molecule has 2 heterocycles. The molecule has 0 radical (unpaired) electrons. The van der Waals surface area contributed by atoms with Crippen LogP contribution in [0.15, 0.2) is 50.2 Å². The smallest absolute Gasteiger partial charge is 0.287 e. The number of ether oxygens (including phenoxy) is 1. The highest BCUT2D eigenvalue weighted by atomic mass is 79.9. The lowest BCUT2D eigenvalue weighted by atomic mass is 10.2. The maximum Gasteiger partial charge on any atom is 0.287 e. The van der Waals surface area contributed by atoms with Gasteiger partial charge in [-0.25, -0.2) is 0 Å². The van der Waals surface area contributed by atoms with Gasteiger partial charge in [0.15, 0.2) is 5.76 Å². The van der Waals surface area contributed by atoms with Crippen LogP contribution in [0.2, 0.25) is 0 Å². The van der Waals surface area contributed by atoms with Crippen LogP contribution in [0.4, 0.5) is 0 Å². The Labute approximate surface area is 151 Å². The standard InChI is InChI=1S/C17H18BrNO4S/c18-12-3-6-15(7-4-12)24(21)11-14-5-8-16(23-14)17(20)19-10-13-2-1-9-22-13/h3-8,13H,1-2,9-11H2,(H,19,20)/t13-,24-/m1/s1. The Morgan fingerprint density at radius 2 is 2.04 bits per heavy atom. The van der Waals surface area contributed by atoms with E-state index in [1.807, 2.05) is 12.1 Å². The monoisotopic (exact) mass is 411 g/mol. The predicted octanol–water partition coefficient (Wildman–Crippen LogP) is 3.26. The summed E-state index contributed by atoms with van der Waals surface area (Å²) in [5, 5.41) is 2.81. The molecule has 1 aromatic carbocycles. The molecule has 0 bridgehead atoms. The van der Waals surface area contributed by atoms with Crippen molar-refractivity contribution in [1.29, 1.82) is 0 Å². The number of nitrogens with one attached hydrogen (secondary N) is 1. The Morgan fingerprint density at radius 3 is 2.75 bits per heavy atom. The SMILES string of the molecule is O=C(NC[C@H]1CCCO1)c1ccc(C[S@@](=O)c2ccc(Br)cc2)o1. The quantitative estimate of drug-likeness (QED) is 0.791. The predicted molar refractivity (Wildman–Crippen MR) is 94.3 cm³/mol.